The van der Waals surface area contributed by atoms with Crippen LogP contribution in [0.4, 0.5) is 10.1 Å². The molecule has 5 nitrogen and oxygen atoms in total. The largest absolute Gasteiger partial charge is 0.274 e. The third-order valence-corrected chi connectivity index (χ3v) is 6.37. The molecule has 0 spiro atoms. The van der Waals surface area contributed by atoms with Gasteiger partial charge in [0.05, 0.1) is 17.6 Å². The summed E-state index contributed by atoms with van der Waals surface area (Å²) in [6.07, 6.45) is 0.950. The fourth-order valence-electron chi connectivity index (χ4n) is 4.89. The van der Waals surface area contributed by atoms with Gasteiger partial charge in [0, 0.05) is 13.1 Å². The van der Waals surface area contributed by atoms with Crippen LogP contribution in [0.15, 0.2) is 42.5 Å². The van der Waals surface area contributed by atoms with Crippen LogP contribution in [0.2, 0.25) is 0 Å². The normalized spacial score (nSPS) is 27.5. The molecular formula is C22H22FN3O2. The number of benzene rings is 2. The SMILES string of the molecule is Cc1ccc(N2C(=O)[C@@H]3[C@@H](c4ccc(F)cc4)N4CCCN4[C@H]3C2=O)cc1C. The highest BCUT2D eigenvalue weighted by atomic mass is 19.1. The summed E-state index contributed by atoms with van der Waals surface area (Å²) in [7, 11) is 0. The average Bonchev–Trinajstić information content (AvgIpc) is 3.31. The molecule has 5 rings (SSSR count). The molecule has 0 aliphatic carbocycles. The van der Waals surface area contributed by atoms with Crippen LogP contribution in [0.3, 0.4) is 0 Å². The molecule has 144 valence electrons. The summed E-state index contributed by atoms with van der Waals surface area (Å²) < 4.78 is 13.4. The number of hydrogen-bond donors (Lipinski definition) is 0. The molecule has 3 fully saturated rings. The van der Waals surface area contributed by atoms with E-state index in [0.717, 1.165) is 36.2 Å². The molecule has 0 radical (unpaired) electrons. The van der Waals surface area contributed by atoms with Crippen molar-refractivity contribution in [3.05, 3.63) is 65.0 Å². The first kappa shape index (κ1) is 17.5. The number of imide groups is 1. The van der Waals surface area contributed by atoms with Gasteiger partial charge in [-0.25, -0.2) is 19.3 Å². The molecule has 0 aromatic heterocycles. The molecule has 2 aromatic carbocycles. The second kappa shape index (κ2) is 6.22. The van der Waals surface area contributed by atoms with Crippen molar-refractivity contribution >= 4 is 17.5 Å². The van der Waals surface area contributed by atoms with E-state index in [1.54, 1.807) is 12.1 Å². The monoisotopic (exact) mass is 379 g/mol. The maximum Gasteiger partial charge on any atom is 0.253 e. The van der Waals surface area contributed by atoms with Crippen LogP contribution >= 0.6 is 0 Å². The van der Waals surface area contributed by atoms with Gasteiger partial charge in [-0.05, 0) is 61.2 Å². The number of amides is 2. The van der Waals surface area contributed by atoms with Crippen molar-refractivity contribution in [3.8, 4) is 0 Å². The van der Waals surface area contributed by atoms with Gasteiger partial charge < -0.3 is 0 Å². The molecule has 6 heteroatoms. The van der Waals surface area contributed by atoms with Crippen LogP contribution in [0.25, 0.3) is 0 Å². The fourth-order valence-corrected chi connectivity index (χ4v) is 4.89. The van der Waals surface area contributed by atoms with Crippen LogP contribution < -0.4 is 4.90 Å². The summed E-state index contributed by atoms with van der Waals surface area (Å²) in [5, 5.41) is 4.19. The van der Waals surface area contributed by atoms with Gasteiger partial charge in [-0.2, -0.15) is 0 Å². The molecular weight excluding hydrogens is 357 g/mol. The molecule has 0 unspecified atom stereocenters. The lowest BCUT2D eigenvalue weighted by molar-refractivity contribution is -0.126. The Morgan fingerprint density at radius 3 is 2.21 bits per heavy atom. The quantitative estimate of drug-likeness (QED) is 0.753. The number of carbonyl (C=O) groups is 2. The summed E-state index contributed by atoms with van der Waals surface area (Å²) >= 11 is 0. The van der Waals surface area contributed by atoms with E-state index in [9.17, 15) is 14.0 Å². The van der Waals surface area contributed by atoms with E-state index >= 15 is 0 Å². The van der Waals surface area contributed by atoms with Gasteiger partial charge in [-0.3, -0.25) is 9.59 Å². The van der Waals surface area contributed by atoms with E-state index in [-0.39, 0.29) is 23.7 Å². The maximum absolute atomic E-state index is 13.5. The van der Waals surface area contributed by atoms with Crippen LogP contribution in [0.5, 0.6) is 0 Å². The highest BCUT2D eigenvalue weighted by Crippen LogP contribution is 2.48. The first-order valence-corrected chi connectivity index (χ1v) is 9.71. The minimum Gasteiger partial charge on any atom is -0.274 e. The molecule has 3 atom stereocenters. The zero-order valence-electron chi connectivity index (χ0n) is 15.9. The first-order chi connectivity index (χ1) is 13.5. The van der Waals surface area contributed by atoms with Gasteiger partial charge in [0.25, 0.3) is 5.91 Å². The zero-order valence-corrected chi connectivity index (χ0v) is 15.9. The number of halogens is 1. The molecule has 28 heavy (non-hydrogen) atoms. The Hall–Kier alpha value is -2.57. The fraction of sp³-hybridized carbons (Fsp3) is 0.364. The lowest BCUT2D eigenvalue weighted by Crippen LogP contribution is -2.44. The molecule has 3 aliphatic heterocycles. The van der Waals surface area contributed by atoms with Gasteiger partial charge >= 0.3 is 0 Å². The summed E-state index contributed by atoms with van der Waals surface area (Å²) in [6, 6.07) is 11.3. The number of rotatable bonds is 2. The Bertz CT molecular complexity index is 974. The van der Waals surface area contributed by atoms with Gasteiger partial charge in [0.1, 0.15) is 11.9 Å². The van der Waals surface area contributed by atoms with Gasteiger partial charge in [-0.15, -0.1) is 0 Å². The summed E-state index contributed by atoms with van der Waals surface area (Å²) in [6.45, 7) is 5.56. The Labute approximate surface area is 163 Å². The lowest BCUT2D eigenvalue weighted by Gasteiger charge is -2.29. The number of nitrogens with zero attached hydrogens (tertiary/aromatic N) is 3. The van der Waals surface area contributed by atoms with Crippen molar-refractivity contribution in [2.24, 2.45) is 5.92 Å². The average molecular weight is 379 g/mol. The van der Waals surface area contributed by atoms with Crippen LogP contribution in [-0.4, -0.2) is 41.0 Å². The number of anilines is 1. The summed E-state index contributed by atoms with van der Waals surface area (Å²) in [5.41, 5.74) is 3.69. The molecule has 3 aliphatic rings. The predicted molar refractivity (Wildman–Crippen MR) is 103 cm³/mol. The Balaban J connectivity index is 1.58. The highest BCUT2D eigenvalue weighted by Gasteiger charge is 2.62. The number of carbonyl (C=O) groups excluding carboxylic acids is 2. The van der Waals surface area contributed by atoms with E-state index in [4.69, 9.17) is 0 Å². The number of hydrazine groups is 1. The van der Waals surface area contributed by atoms with Crippen LogP contribution in [-0.2, 0) is 9.59 Å². The Kier molecular flexibility index (Phi) is 3.89. The van der Waals surface area contributed by atoms with E-state index in [2.05, 4.69) is 10.0 Å². The first-order valence-electron chi connectivity index (χ1n) is 9.71. The zero-order chi connectivity index (χ0) is 19.6. The molecule has 0 bridgehead atoms. The minimum atomic E-state index is -0.480. The van der Waals surface area contributed by atoms with Crippen molar-refractivity contribution in [2.75, 3.05) is 18.0 Å². The lowest BCUT2D eigenvalue weighted by atomic mass is 9.90. The third-order valence-electron chi connectivity index (χ3n) is 6.37. The second-order valence-electron chi connectivity index (χ2n) is 7.93. The third kappa shape index (κ3) is 2.38. The van der Waals surface area contributed by atoms with Gasteiger partial charge in [-0.1, -0.05) is 18.2 Å². The molecule has 0 N–H and O–H groups in total. The van der Waals surface area contributed by atoms with Crippen LogP contribution in [0, 0.1) is 25.6 Å². The van der Waals surface area contributed by atoms with Gasteiger partial charge in [0.2, 0.25) is 5.91 Å². The van der Waals surface area contributed by atoms with Crippen molar-refractivity contribution in [3.63, 3.8) is 0 Å². The predicted octanol–water partition coefficient (Wildman–Crippen LogP) is 2.98. The number of aryl methyl sites for hydroxylation is 2. The molecule has 2 amide bonds. The Morgan fingerprint density at radius 2 is 1.54 bits per heavy atom. The number of fused-ring (bicyclic) bond motifs is 3. The Morgan fingerprint density at radius 1 is 0.857 bits per heavy atom. The number of hydrogen-bond acceptors (Lipinski definition) is 4. The molecule has 3 saturated heterocycles. The molecule has 3 heterocycles. The van der Waals surface area contributed by atoms with E-state index < -0.39 is 12.0 Å². The minimum absolute atomic E-state index is 0.158. The van der Waals surface area contributed by atoms with Gasteiger partial charge in [0.15, 0.2) is 0 Å². The topological polar surface area (TPSA) is 43.9 Å². The standard InChI is InChI=1S/C22H22FN3O2/c1-13-4-9-17(12-14(13)2)26-21(27)18-19(15-5-7-16(23)8-6-15)24-10-3-11-25(24)20(18)22(26)28/h4-9,12,18-20H,3,10-11H2,1-2H3/t18-,19-,20-/m1/s1. The second-order valence-corrected chi connectivity index (χ2v) is 7.93. The molecule has 0 saturated carbocycles. The smallest absolute Gasteiger partial charge is 0.253 e. The van der Waals surface area contributed by atoms with Crippen molar-refractivity contribution in [2.45, 2.75) is 32.4 Å². The van der Waals surface area contributed by atoms with E-state index in [0.29, 0.717) is 5.69 Å². The van der Waals surface area contributed by atoms with Crippen molar-refractivity contribution in [1.82, 2.24) is 10.0 Å². The highest BCUT2D eigenvalue weighted by molar-refractivity contribution is 6.24. The summed E-state index contributed by atoms with van der Waals surface area (Å²) in [5.74, 6) is -1.10. The van der Waals surface area contributed by atoms with Crippen molar-refractivity contribution < 1.29 is 14.0 Å². The maximum atomic E-state index is 13.5. The van der Waals surface area contributed by atoms with Crippen molar-refractivity contribution in [1.29, 1.82) is 0 Å². The summed E-state index contributed by atoms with van der Waals surface area (Å²) in [4.78, 5) is 28.2. The van der Waals surface area contributed by atoms with Crippen LogP contribution in [0.1, 0.15) is 29.2 Å². The molecule has 2 aromatic rings. The van der Waals surface area contributed by atoms with E-state index in [1.807, 2.05) is 32.0 Å². The van der Waals surface area contributed by atoms with E-state index in [1.165, 1.54) is 17.0 Å².